The van der Waals surface area contributed by atoms with Crippen LogP contribution in [0.25, 0.3) is 0 Å². The molecular formula is C12H16N4O4. The van der Waals surface area contributed by atoms with Crippen LogP contribution in [-0.4, -0.2) is 46.7 Å². The molecule has 0 bridgehead atoms. The minimum absolute atomic E-state index is 0.116. The summed E-state index contributed by atoms with van der Waals surface area (Å²) in [6.45, 7) is 1.83. The molecule has 1 aliphatic rings. The number of amides is 2. The first-order chi connectivity index (χ1) is 9.49. The molecule has 0 unspecified atom stereocenters. The average molecular weight is 280 g/mol. The Bertz CT molecular complexity index is 531. The van der Waals surface area contributed by atoms with Gasteiger partial charge < -0.3 is 15.4 Å². The van der Waals surface area contributed by atoms with Crippen LogP contribution in [0.5, 0.6) is 0 Å². The lowest BCUT2D eigenvalue weighted by Crippen LogP contribution is -2.58. The molecule has 1 aromatic heterocycles. The van der Waals surface area contributed by atoms with Crippen LogP contribution in [0.2, 0.25) is 0 Å². The first-order valence-electron chi connectivity index (χ1n) is 6.20. The zero-order chi connectivity index (χ0) is 14.7. The number of imidazole rings is 1. The van der Waals surface area contributed by atoms with E-state index in [1.165, 1.54) is 18.0 Å². The molecule has 108 valence electrons. The highest BCUT2D eigenvalue weighted by molar-refractivity contribution is 5.97. The summed E-state index contributed by atoms with van der Waals surface area (Å²) >= 11 is 0. The van der Waals surface area contributed by atoms with Crippen LogP contribution in [0.1, 0.15) is 19.0 Å². The summed E-state index contributed by atoms with van der Waals surface area (Å²) in [7, 11) is 1.29. The number of hydrogen-bond donors (Lipinski definition) is 2. The number of hydrogen-bond acceptors (Lipinski definition) is 5. The molecule has 0 spiro atoms. The van der Waals surface area contributed by atoms with Gasteiger partial charge in [0.1, 0.15) is 12.4 Å². The maximum atomic E-state index is 11.7. The summed E-state index contributed by atoms with van der Waals surface area (Å²) in [5.74, 6) is -0.320. The van der Waals surface area contributed by atoms with Gasteiger partial charge in [-0.15, -0.1) is 0 Å². The lowest BCUT2D eigenvalue weighted by Gasteiger charge is -2.27. The SMILES string of the molecule is COC(=O)n1cnc(C[C@@H](C)NC(=O)[C@@H]2CC(=O)N2)c1. The second kappa shape index (κ2) is 5.72. The molecule has 2 amide bonds. The van der Waals surface area contributed by atoms with Crippen LogP contribution in [-0.2, 0) is 20.7 Å². The fourth-order valence-corrected chi connectivity index (χ4v) is 1.90. The van der Waals surface area contributed by atoms with Crippen molar-refractivity contribution in [3.8, 4) is 0 Å². The van der Waals surface area contributed by atoms with Crippen LogP contribution in [0.15, 0.2) is 12.5 Å². The molecule has 0 radical (unpaired) electrons. The minimum atomic E-state index is -0.516. The van der Waals surface area contributed by atoms with E-state index in [1.807, 2.05) is 6.92 Å². The van der Waals surface area contributed by atoms with Crippen LogP contribution >= 0.6 is 0 Å². The second-order valence-electron chi connectivity index (χ2n) is 4.68. The van der Waals surface area contributed by atoms with Gasteiger partial charge >= 0.3 is 6.09 Å². The van der Waals surface area contributed by atoms with Crippen LogP contribution in [0.4, 0.5) is 4.79 Å². The average Bonchev–Trinajstić information content (AvgIpc) is 2.82. The lowest BCUT2D eigenvalue weighted by atomic mass is 10.0. The topological polar surface area (TPSA) is 102 Å². The van der Waals surface area contributed by atoms with Crippen LogP contribution in [0.3, 0.4) is 0 Å². The molecule has 1 saturated heterocycles. The van der Waals surface area contributed by atoms with Crippen molar-refractivity contribution in [3.63, 3.8) is 0 Å². The predicted molar refractivity (Wildman–Crippen MR) is 67.9 cm³/mol. The molecule has 0 aliphatic carbocycles. The molecule has 20 heavy (non-hydrogen) atoms. The Morgan fingerprint density at radius 3 is 2.95 bits per heavy atom. The van der Waals surface area contributed by atoms with E-state index in [-0.39, 0.29) is 24.3 Å². The number of rotatable bonds is 4. The molecule has 1 aliphatic heterocycles. The van der Waals surface area contributed by atoms with E-state index in [9.17, 15) is 14.4 Å². The van der Waals surface area contributed by atoms with E-state index in [4.69, 9.17) is 0 Å². The van der Waals surface area contributed by atoms with Gasteiger partial charge in [-0.25, -0.2) is 14.3 Å². The molecule has 2 rings (SSSR count). The Morgan fingerprint density at radius 1 is 1.65 bits per heavy atom. The van der Waals surface area contributed by atoms with E-state index in [2.05, 4.69) is 20.4 Å². The number of carbonyl (C=O) groups excluding carboxylic acids is 3. The van der Waals surface area contributed by atoms with E-state index in [0.29, 0.717) is 12.1 Å². The number of nitrogens with one attached hydrogen (secondary N) is 2. The van der Waals surface area contributed by atoms with Crippen LogP contribution in [0, 0.1) is 0 Å². The van der Waals surface area contributed by atoms with E-state index < -0.39 is 12.1 Å². The Hall–Kier alpha value is -2.38. The largest absolute Gasteiger partial charge is 0.452 e. The number of aromatic nitrogens is 2. The first-order valence-corrected chi connectivity index (χ1v) is 6.20. The van der Waals surface area contributed by atoms with Gasteiger partial charge in [-0.1, -0.05) is 0 Å². The van der Waals surface area contributed by atoms with Crippen LogP contribution < -0.4 is 10.6 Å². The maximum Gasteiger partial charge on any atom is 0.418 e. The smallest absolute Gasteiger partial charge is 0.418 e. The highest BCUT2D eigenvalue weighted by atomic mass is 16.5. The van der Waals surface area contributed by atoms with Crippen molar-refractivity contribution < 1.29 is 19.1 Å². The zero-order valence-corrected chi connectivity index (χ0v) is 11.3. The molecular weight excluding hydrogens is 264 g/mol. The van der Waals surface area contributed by atoms with Gasteiger partial charge in [-0.3, -0.25) is 9.59 Å². The van der Waals surface area contributed by atoms with Gasteiger partial charge in [0.15, 0.2) is 0 Å². The van der Waals surface area contributed by atoms with Gasteiger partial charge in [0.2, 0.25) is 11.8 Å². The minimum Gasteiger partial charge on any atom is -0.452 e. The normalized spacial score (nSPS) is 18.7. The molecule has 1 fully saturated rings. The fraction of sp³-hybridized carbons (Fsp3) is 0.500. The number of β-lactam (4-membered cyclic amide) rings is 1. The predicted octanol–water partition coefficient (Wildman–Crippen LogP) is -0.567. The summed E-state index contributed by atoms with van der Waals surface area (Å²) in [4.78, 5) is 37.8. The first kappa shape index (κ1) is 14.0. The summed E-state index contributed by atoms with van der Waals surface area (Å²) < 4.78 is 5.79. The van der Waals surface area contributed by atoms with Crippen molar-refractivity contribution in [1.82, 2.24) is 20.2 Å². The Morgan fingerprint density at radius 2 is 2.35 bits per heavy atom. The Kier molecular flexibility index (Phi) is 4.02. The van der Waals surface area contributed by atoms with Gasteiger partial charge in [-0.2, -0.15) is 0 Å². The summed E-state index contributed by atoms with van der Waals surface area (Å²) in [6, 6.07) is -0.585. The molecule has 8 heteroatoms. The van der Waals surface area contributed by atoms with Crippen molar-refractivity contribution >= 4 is 17.9 Å². The highest BCUT2D eigenvalue weighted by Crippen LogP contribution is 2.06. The third-order valence-corrected chi connectivity index (χ3v) is 2.97. The quantitative estimate of drug-likeness (QED) is 0.719. The third-order valence-electron chi connectivity index (χ3n) is 2.97. The molecule has 0 saturated carbocycles. The standard InChI is InChI=1S/C12H16N4O4/c1-7(14-11(18)9-4-10(17)15-9)3-8-5-16(6-13-8)12(19)20-2/h5-7,9H,3-4H2,1-2H3,(H,14,18)(H,15,17)/t7-,9+/m1/s1. The van der Waals surface area contributed by atoms with E-state index in [0.717, 1.165) is 0 Å². The highest BCUT2D eigenvalue weighted by Gasteiger charge is 2.32. The van der Waals surface area contributed by atoms with Gasteiger partial charge in [0.05, 0.1) is 19.2 Å². The number of methoxy groups -OCH3 is 1. The maximum absolute atomic E-state index is 11.7. The summed E-state index contributed by atoms with van der Waals surface area (Å²) in [5, 5.41) is 5.29. The number of ether oxygens (including phenoxy) is 1. The molecule has 2 atom stereocenters. The summed E-state index contributed by atoms with van der Waals surface area (Å²) in [6.07, 6.45) is 3.12. The molecule has 8 nitrogen and oxygen atoms in total. The van der Waals surface area contributed by atoms with Crippen molar-refractivity contribution in [2.24, 2.45) is 0 Å². The van der Waals surface area contributed by atoms with Crippen molar-refractivity contribution in [3.05, 3.63) is 18.2 Å². The van der Waals surface area contributed by atoms with Gasteiger partial charge in [-0.05, 0) is 6.92 Å². The fourth-order valence-electron chi connectivity index (χ4n) is 1.90. The monoisotopic (exact) mass is 280 g/mol. The molecule has 0 aromatic carbocycles. The van der Waals surface area contributed by atoms with Gasteiger partial charge in [0.25, 0.3) is 0 Å². The lowest BCUT2D eigenvalue weighted by molar-refractivity contribution is -0.137. The number of nitrogens with zero attached hydrogens (tertiary/aromatic N) is 2. The zero-order valence-electron chi connectivity index (χ0n) is 11.3. The third kappa shape index (κ3) is 3.14. The van der Waals surface area contributed by atoms with Crippen molar-refractivity contribution in [1.29, 1.82) is 0 Å². The summed E-state index contributed by atoms with van der Waals surface area (Å²) in [5.41, 5.74) is 0.667. The van der Waals surface area contributed by atoms with E-state index in [1.54, 1.807) is 6.20 Å². The Labute approximate surface area is 115 Å². The Balaban J connectivity index is 1.83. The van der Waals surface area contributed by atoms with Gasteiger partial charge in [0, 0.05) is 18.7 Å². The second-order valence-corrected chi connectivity index (χ2v) is 4.68. The number of carbonyl (C=O) groups is 3. The molecule has 2 N–H and O–H groups in total. The van der Waals surface area contributed by atoms with E-state index >= 15 is 0 Å². The molecule has 1 aromatic rings. The molecule has 2 heterocycles. The van der Waals surface area contributed by atoms with Crippen molar-refractivity contribution in [2.75, 3.05) is 7.11 Å². The van der Waals surface area contributed by atoms with Crippen molar-refractivity contribution in [2.45, 2.75) is 31.8 Å².